The molecule has 0 saturated carbocycles. The summed E-state index contributed by atoms with van der Waals surface area (Å²) in [6.45, 7) is 6.43. The van der Waals surface area contributed by atoms with E-state index in [1.807, 2.05) is 30.0 Å². The third kappa shape index (κ3) is 5.36. The Labute approximate surface area is 164 Å². The van der Waals surface area contributed by atoms with Gasteiger partial charge in [-0.1, -0.05) is 24.3 Å². The minimum Gasteiger partial charge on any atom is -0.492 e. The molecule has 28 heavy (non-hydrogen) atoms. The molecule has 1 amide bonds. The number of anilines is 2. The number of piperazine rings is 1. The van der Waals surface area contributed by atoms with Gasteiger partial charge in [-0.25, -0.2) is 9.18 Å². The predicted molar refractivity (Wildman–Crippen MR) is 108 cm³/mol. The zero-order valence-corrected chi connectivity index (χ0v) is 16.1. The number of carbonyl (C=O) groups excluding carboxylic acids is 1. The number of nitrogens with one attached hydrogen (secondary N) is 1. The molecule has 0 spiro atoms. The Hall–Kier alpha value is -2.80. The molecule has 2 aromatic carbocycles. The average molecular weight is 387 g/mol. The van der Waals surface area contributed by atoms with E-state index in [1.54, 1.807) is 24.3 Å². The zero-order valence-electron chi connectivity index (χ0n) is 16.1. The van der Waals surface area contributed by atoms with Crippen LogP contribution in [0.3, 0.4) is 0 Å². The number of carbonyl (C=O) groups is 1. The maximum Gasteiger partial charge on any atom is 0.411 e. The lowest BCUT2D eigenvalue weighted by Gasteiger charge is -2.36. The largest absolute Gasteiger partial charge is 0.492 e. The molecule has 1 aliphatic rings. The molecule has 1 aliphatic heterocycles. The summed E-state index contributed by atoms with van der Waals surface area (Å²) in [6.07, 6.45) is -0.503. The molecule has 0 unspecified atom stereocenters. The Morgan fingerprint density at radius 1 is 1.07 bits per heavy atom. The van der Waals surface area contributed by atoms with Gasteiger partial charge >= 0.3 is 6.09 Å². The summed E-state index contributed by atoms with van der Waals surface area (Å²) in [5, 5.41) is 2.71. The predicted octanol–water partition coefficient (Wildman–Crippen LogP) is 3.60. The van der Waals surface area contributed by atoms with Crippen molar-refractivity contribution in [3.63, 3.8) is 0 Å². The number of amides is 1. The lowest BCUT2D eigenvalue weighted by atomic mass is 10.2. The van der Waals surface area contributed by atoms with E-state index in [9.17, 15) is 9.18 Å². The fourth-order valence-corrected chi connectivity index (χ4v) is 3.19. The summed E-state index contributed by atoms with van der Waals surface area (Å²) in [4.78, 5) is 16.3. The first-order valence-corrected chi connectivity index (χ1v) is 9.55. The maximum absolute atomic E-state index is 13.9. The monoisotopic (exact) mass is 387 g/mol. The number of rotatable bonds is 7. The second-order valence-electron chi connectivity index (χ2n) is 6.47. The normalized spacial score (nSPS) is 14.6. The molecule has 0 bridgehead atoms. The molecule has 1 saturated heterocycles. The van der Waals surface area contributed by atoms with Gasteiger partial charge in [0.05, 0.1) is 18.0 Å². The highest BCUT2D eigenvalue weighted by molar-refractivity contribution is 5.86. The average Bonchev–Trinajstić information content (AvgIpc) is 2.71. The molecule has 1 N–H and O–H groups in total. The van der Waals surface area contributed by atoms with E-state index in [0.29, 0.717) is 36.9 Å². The van der Waals surface area contributed by atoms with Crippen molar-refractivity contribution in [2.24, 2.45) is 0 Å². The van der Waals surface area contributed by atoms with Gasteiger partial charge in [0.2, 0.25) is 0 Å². The fraction of sp³-hybridized carbons (Fsp3) is 0.381. The summed E-state index contributed by atoms with van der Waals surface area (Å²) >= 11 is 0. The van der Waals surface area contributed by atoms with Crippen LogP contribution in [0.4, 0.5) is 20.6 Å². The summed E-state index contributed by atoms with van der Waals surface area (Å²) in [7, 11) is 0. The van der Waals surface area contributed by atoms with Crippen molar-refractivity contribution in [3.8, 4) is 5.75 Å². The van der Waals surface area contributed by atoms with Gasteiger partial charge in [0.15, 0.2) is 0 Å². The van der Waals surface area contributed by atoms with Crippen LogP contribution in [0.25, 0.3) is 0 Å². The molecule has 150 valence electrons. The van der Waals surface area contributed by atoms with Crippen LogP contribution in [0.1, 0.15) is 6.92 Å². The van der Waals surface area contributed by atoms with Crippen molar-refractivity contribution in [3.05, 3.63) is 54.3 Å². The van der Waals surface area contributed by atoms with Gasteiger partial charge in [-0.2, -0.15) is 0 Å². The van der Waals surface area contributed by atoms with Crippen molar-refractivity contribution in [2.75, 3.05) is 56.2 Å². The molecule has 1 heterocycles. The number of halogens is 1. The second kappa shape index (κ2) is 9.94. The topological polar surface area (TPSA) is 54.0 Å². The summed E-state index contributed by atoms with van der Waals surface area (Å²) in [6, 6.07) is 14.1. The van der Waals surface area contributed by atoms with Crippen LogP contribution in [0, 0.1) is 5.82 Å². The van der Waals surface area contributed by atoms with Crippen molar-refractivity contribution in [2.45, 2.75) is 6.92 Å². The number of hydrogen-bond acceptors (Lipinski definition) is 5. The van der Waals surface area contributed by atoms with Crippen molar-refractivity contribution in [1.29, 1.82) is 0 Å². The molecule has 3 rings (SSSR count). The van der Waals surface area contributed by atoms with Crippen molar-refractivity contribution >= 4 is 17.5 Å². The van der Waals surface area contributed by atoms with Crippen LogP contribution in [0.5, 0.6) is 5.75 Å². The Morgan fingerprint density at radius 2 is 1.79 bits per heavy atom. The Bertz CT molecular complexity index is 779. The first-order chi connectivity index (χ1) is 13.7. The minimum absolute atomic E-state index is 0.191. The Morgan fingerprint density at radius 3 is 2.54 bits per heavy atom. The van der Waals surface area contributed by atoms with Gasteiger partial charge in [0.25, 0.3) is 0 Å². The maximum atomic E-state index is 13.9. The van der Waals surface area contributed by atoms with Gasteiger partial charge in [0, 0.05) is 32.7 Å². The molecule has 6 nitrogen and oxygen atoms in total. The number of ether oxygens (including phenoxy) is 2. The van der Waals surface area contributed by atoms with Gasteiger partial charge in [-0.05, 0) is 31.2 Å². The van der Waals surface area contributed by atoms with E-state index in [2.05, 4.69) is 10.2 Å². The van der Waals surface area contributed by atoms with Crippen LogP contribution in [-0.4, -0.2) is 56.9 Å². The van der Waals surface area contributed by atoms with Crippen LogP contribution in [0.2, 0.25) is 0 Å². The van der Waals surface area contributed by atoms with Gasteiger partial charge < -0.3 is 14.4 Å². The van der Waals surface area contributed by atoms with Crippen LogP contribution in [0.15, 0.2) is 48.5 Å². The zero-order chi connectivity index (χ0) is 19.8. The first kappa shape index (κ1) is 19.9. The molecule has 7 heteroatoms. The summed E-state index contributed by atoms with van der Waals surface area (Å²) in [5.41, 5.74) is 1.23. The third-order valence-corrected chi connectivity index (χ3v) is 4.63. The molecular weight excluding hydrogens is 361 g/mol. The van der Waals surface area contributed by atoms with E-state index in [-0.39, 0.29) is 5.82 Å². The SMILES string of the molecule is CCOc1ccccc1NC(=O)OCCN1CCN(c2ccccc2F)CC1. The molecule has 1 fully saturated rings. The molecule has 0 aromatic heterocycles. The van der Waals surface area contributed by atoms with E-state index < -0.39 is 6.09 Å². The number of benzene rings is 2. The van der Waals surface area contributed by atoms with E-state index >= 15 is 0 Å². The lowest BCUT2D eigenvalue weighted by Crippen LogP contribution is -2.47. The summed E-state index contributed by atoms with van der Waals surface area (Å²) in [5.74, 6) is 0.425. The number of hydrogen-bond donors (Lipinski definition) is 1. The highest BCUT2D eigenvalue weighted by Gasteiger charge is 2.19. The standard InChI is InChI=1S/C21H26FN3O3/c1-2-27-20-10-6-4-8-18(20)23-21(26)28-16-15-24-11-13-25(14-12-24)19-9-5-3-7-17(19)22/h3-10H,2,11-16H2,1H3,(H,23,26). The highest BCUT2D eigenvalue weighted by atomic mass is 19.1. The summed E-state index contributed by atoms with van der Waals surface area (Å²) < 4.78 is 24.7. The van der Waals surface area contributed by atoms with Crippen molar-refractivity contribution < 1.29 is 18.7 Å². The third-order valence-electron chi connectivity index (χ3n) is 4.63. The van der Waals surface area contributed by atoms with E-state index in [4.69, 9.17) is 9.47 Å². The Balaban J connectivity index is 1.39. The van der Waals surface area contributed by atoms with Crippen LogP contribution in [-0.2, 0) is 4.74 Å². The molecule has 0 radical (unpaired) electrons. The van der Waals surface area contributed by atoms with Gasteiger partial charge in [-0.3, -0.25) is 10.2 Å². The molecule has 0 atom stereocenters. The molecular formula is C21H26FN3O3. The second-order valence-corrected chi connectivity index (χ2v) is 6.47. The lowest BCUT2D eigenvalue weighted by molar-refractivity contribution is 0.137. The van der Waals surface area contributed by atoms with Crippen molar-refractivity contribution in [1.82, 2.24) is 4.90 Å². The van der Waals surface area contributed by atoms with E-state index in [0.717, 1.165) is 26.2 Å². The minimum atomic E-state index is -0.503. The molecule has 2 aromatic rings. The quantitative estimate of drug-likeness (QED) is 0.787. The smallest absolute Gasteiger partial charge is 0.411 e. The first-order valence-electron chi connectivity index (χ1n) is 9.55. The molecule has 0 aliphatic carbocycles. The van der Waals surface area contributed by atoms with Gasteiger partial charge in [-0.15, -0.1) is 0 Å². The van der Waals surface area contributed by atoms with E-state index in [1.165, 1.54) is 6.07 Å². The van der Waals surface area contributed by atoms with Gasteiger partial charge in [0.1, 0.15) is 18.2 Å². The van der Waals surface area contributed by atoms with Crippen LogP contribution >= 0.6 is 0 Å². The van der Waals surface area contributed by atoms with Crippen LogP contribution < -0.4 is 15.0 Å². The highest BCUT2D eigenvalue weighted by Crippen LogP contribution is 2.24. The fourth-order valence-electron chi connectivity index (χ4n) is 3.19. The number of para-hydroxylation sites is 3. The Kier molecular flexibility index (Phi) is 7.08. The number of nitrogens with zero attached hydrogens (tertiary/aromatic N) is 2.